The molecule has 2 N–H and O–H groups in total. The van der Waals surface area contributed by atoms with E-state index in [1.165, 1.54) is 11.3 Å². The van der Waals surface area contributed by atoms with Crippen molar-refractivity contribution in [3.8, 4) is 0 Å². The number of aryl methyl sites for hydroxylation is 1. The number of carbonyl (C=O) groups excluding carboxylic acids is 1. The van der Waals surface area contributed by atoms with Gasteiger partial charge >= 0.3 is 0 Å². The maximum Gasteiger partial charge on any atom is 0.265 e. The second-order valence-electron chi connectivity index (χ2n) is 7.09. The first kappa shape index (κ1) is 23.3. The van der Waals surface area contributed by atoms with Crippen LogP contribution in [0.3, 0.4) is 0 Å². The van der Waals surface area contributed by atoms with E-state index in [0.717, 1.165) is 33.1 Å². The number of allylic oxidation sites excluding steroid dienone is 2. The molecule has 30 heavy (non-hydrogen) atoms. The Bertz CT molecular complexity index is 985. The normalized spacial score (nSPS) is 13.4. The van der Waals surface area contributed by atoms with Crippen LogP contribution in [0.15, 0.2) is 70.4 Å². The second kappa shape index (κ2) is 11.3. The van der Waals surface area contributed by atoms with E-state index in [2.05, 4.69) is 34.1 Å². The molecule has 0 spiro atoms. The predicted octanol–water partition coefficient (Wildman–Crippen LogP) is 5.93. The van der Waals surface area contributed by atoms with E-state index in [1.54, 1.807) is 12.4 Å². The van der Waals surface area contributed by atoms with Crippen LogP contribution in [-0.2, 0) is 0 Å². The molecule has 0 aliphatic heterocycles. The van der Waals surface area contributed by atoms with Gasteiger partial charge in [-0.25, -0.2) is 0 Å². The highest BCUT2D eigenvalue weighted by atomic mass is 32.1. The summed E-state index contributed by atoms with van der Waals surface area (Å²) in [5, 5.41) is 6.41. The van der Waals surface area contributed by atoms with Crippen molar-refractivity contribution in [2.45, 2.75) is 40.7 Å². The Kier molecular flexibility index (Phi) is 8.74. The number of rotatable bonds is 9. The van der Waals surface area contributed by atoms with Crippen LogP contribution in [0.2, 0.25) is 0 Å². The van der Waals surface area contributed by atoms with E-state index in [9.17, 15) is 4.79 Å². The zero-order valence-electron chi connectivity index (χ0n) is 18.3. The minimum atomic E-state index is -0.0858. The molecular formula is C24H30N4OS. The van der Waals surface area contributed by atoms with E-state index < -0.39 is 0 Å². The van der Waals surface area contributed by atoms with Crippen LogP contribution in [0.4, 0.5) is 5.69 Å². The summed E-state index contributed by atoms with van der Waals surface area (Å²) in [5.74, 6) is -0.0858. The van der Waals surface area contributed by atoms with Gasteiger partial charge in [-0.1, -0.05) is 18.7 Å². The number of benzene rings is 1. The highest BCUT2D eigenvalue weighted by molar-refractivity contribution is 7.14. The molecule has 2 aromatic rings. The van der Waals surface area contributed by atoms with Gasteiger partial charge in [-0.3, -0.25) is 14.8 Å². The smallest absolute Gasteiger partial charge is 0.265 e. The van der Waals surface area contributed by atoms with Crippen LogP contribution in [0.25, 0.3) is 0 Å². The largest absolute Gasteiger partial charge is 0.381 e. The summed E-state index contributed by atoms with van der Waals surface area (Å²) in [6, 6.07) is 11.7. The molecule has 0 bridgehead atoms. The summed E-state index contributed by atoms with van der Waals surface area (Å²) < 4.78 is 0. The van der Waals surface area contributed by atoms with Crippen LogP contribution >= 0.6 is 11.3 Å². The van der Waals surface area contributed by atoms with Crippen molar-refractivity contribution in [1.82, 2.24) is 5.32 Å². The number of carbonyl (C=O) groups is 1. The lowest BCUT2D eigenvalue weighted by atomic mass is 10.1. The molecule has 0 saturated heterocycles. The molecule has 1 amide bonds. The third kappa shape index (κ3) is 7.12. The second-order valence-corrected chi connectivity index (χ2v) is 8.38. The van der Waals surface area contributed by atoms with Gasteiger partial charge in [-0.2, -0.15) is 0 Å². The maximum atomic E-state index is 12.4. The average Bonchev–Trinajstić information content (AvgIpc) is 3.14. The van der Waals surface area contributed by atoms with E-state index in [-0.39, 0.29) is 11.9 Å². The van der Waals surface area contributed by atoms with E-state index in [1.807, 2.05) is 64.1 Å². The lowest BCUT2D eigenvalue weighted by molar-refractivity contribution is 0.103. The standard InChI is InChI=1S/C24H30N4OS/c1-7-25-15-22(16(2)3)26-14-17(4)27-19(6)20-9-8-10-21(13-20)28-24(29)23-12-11-18(5)30-23/h8-15,19,27H,2,7H2,1,3-6H3,(H,28,29)/b17-14+,25-15?,26-22?/t19-/m0/s1. The van der Waals surface area contributed by atoms with Crippen molar-refractivity contribution in [1.29, 1.82) is 0 Å². The fourth-order valence-corrected chi connectivity index (χ4v) is 3.46. The van der Waals surface area contributed by atoms with Crippen molar-refractivity contribution in [2.24, 2.45) is 9.98 Å². The van der Waals surface area contributed by atoms with Gasteiger partial charge < -0.3 is 10.6 Å². The Morgan fingerprint density at radius 3 is 2.67 bits per heavy atom. The van der Waals surface area contributed by atoms with Crippen LogP contribution in [0, 0.1) is 6.92 Å². The molecule has 0 unspecified atom stereocenters. The Balaban J connectivity index is 2.07. The molecule has 1 aromatic heterocycles. The molecule has 0 aliphatic carbocycles. The molecule has 158 valence electrons. The molecule has 5 nitrogen and oxygen atoms in total. The van der Waals surface area contributed by atoms with Gasteiger partial charge in [0.2, 0.25) is 0 Å². The molecule has 1 atom stereocenters. The van der Waals surface area contributed by atoms with E-state index in [4.69, 9.17) is 0 Å². The maximum absolute atomic E-state index is 12.4. The van der Waals surface area contributed by atoms with Gasteiger partial charge in [0.15, 0.2) is 0 Å². The Morgan fingerprint density at radius 1 is 1.27 bits per heavy atom. The fourth-order valence-electron chi connectivity index (χ4n) is 2.69. The summed E-state index contributed by atoms with van der Waals surface area (Å²) in [5.41, 5.74) is 4.40. The quantitative estimate of drug-likeness (QED) is 0.492. The van der Waals surface area contributed by atoms with Gasteiger partial charge in [-0.05, 0) is 70.0 Å². The first-order valence-corrected chi connectivity index (χ1v) is 10.8. The highest BCUT2D eigenvalue weighted by Gasteiger charge is 2.10. The first-order chi connectivity index (χ1) is 14.3. The molecule has 0 fully saturated rings. The number of nitrogens with one attached hydrogen (secondary N) is 2. The molecule has 0 radical (unpaired) electrons. The van der Waals surface area contributed by atoms with Gasteiger partial charge in [0.25, 0.3) is 5.91 Å². The van der Waals surface area contributed by atoms with Crippen LogP contribution in [0.5, 0.6) is 0 Å². The minimum Gasteiger partial charge on any atom is -0.381 e. The first-order valence-electron chi connectivity index (χ1n) is 9.94. The summed E-state index contributed by atoms with van der Waals surface area (Å²) in [4.78, 5) is 23.0. The van der Waals surface area contributed by atoms with Gasteiger partial charge in [0, 0.05) is 41.3 Å². The molecule has 1 heterocycles. The third-order valence-corrected chi connectivity index (χ3v) is 5.28. The van der Waals surface area contributed by atoms with Gasteiger partial charge in [0.05, 0.1) is 10.6 Å². The highest BCUT2D eigenvalue weighted by Crippen LogP contribution is 2.21. The summed E-state index contributed by atoms with van der Waals surface area (Å²) >= 11 is 1.49. The van der Waals surface area contributed by atoms with Gasteiger partial charge in [0.1, 0.15) is 0 Å². The molecule has 6 heteroatoms. The van der Waals surface area contributed by atoms with Crippen molar-refractivity contribution in [2.75, 3.05) is 11.9 Å². The molecule has 0 aliphatic rings. The van der Waals surface area contributed by atoms with Crippen LogP contribution < -0.4 is 10.6 Å². The number of amides is 1. The molecule has 1 aromatic carbocycles. The molecule has 2 rings (SSSR count). The number of hydrogen-bond acceptors (Lipinski definition) is 5. The van der Waals surface area contributed by atoms with E-state index >= 15 is 0 Å². The van der Waals surface area contributed by atoms with Gasteiger partial charge in [-0.15, -0.1) is 11.3 Å². The Hall–Kier alpha value is -2.99. The number of anilines is 1. The van der Waals surface area contributed by atoms with Crippen LogP contribution in [0.1, 0.15) is 53.8 Å². The number of thiophene rings is 1. The van der Waals surface area contributed by atoms with Crippen molar-refractivity contribution in [3.63, 3.8) is 0 Å². The number of nitrogens with zero attached hydrogens (tertiary/aromatic N) is 2. The molecular weight excluding hydrogens is 392 g/mol. The van der Waals surface area contributed by atoms with Crippen LogP contribution in [-0.4, -0.2) is 24.4 Å². The monoisotopic (exact) mass is 422 g/mol. The lowest BCUT2D eigenvalue weighted by Crippen LogP contribution is -2.17. The third-order valence-electron chi connectivity index (χ3n) is 4.28. The Labute approximate surface area is 183 Å². The topological polar surface area (TPSA) is 65.8 Å². The summed E-state index contributed by atoms with van der Waals surface area (Å²) in [6.07, 6.45) is 3.53. The Morgan fingerprint density at radius 2 is 2.03 bits per heavy atom. The summed E-state index contributed by atoms with van der Waals surface area (Å²) in [6.45, 7) is 14.6. The lowest BCUT2D eigenvalue weighted by Gasteiger charge is -2.17. The SMILES string of the molecule is C=C(C)C(C=NCC)=N/C=C(\C)N[C@@H](C)c1cccc(NC(=O)c2ccc(C)s2)c1. The number of hydrogen-bond donors (Lipinski definition) is 2. The molecule has 0 saturated carbocycles. The number of aliphatic imine (C=N–C) groups is 2. The van der Waals surface area contributed by atoms with Crippen molar-refractivity contribution in [3.05, 3.63) is 75.8 Å². The van der Waals surface area contributed by atoms with Crippen molar-refractivity contribution >= 4 is 34.9 Å². The predicted molar refractivity (Wildman–Crippen MR) is 130 cm³/mol. The van der Waals surface area contributed by atoms with E-state index in [0.29, 0.717) is 11.4 Å². The fraction of sp³-hybridized carbons (Fsp3) is 0.292. The zero-order valence-corrected chi connectivity index (χ0v) is 19.1. The average molecular weight is 423 g/mol. The summed E-state index contributed by atoms with van der Waals surface area (Å²) in [7, 11) is 0. The van der Waals surface area contributed by atoms with Crippen molar-refractivity contribution < 1.29 is 4.79 Å². The zero-order chi connectivity index (χ0) is 22.1. The minimum absolute atomic E-state index is 0.0508.